The minimum atomic E-state index is -0.0758. The molecule has 0 atom stereocenters. The molecule has 1 aromatic rings. The van der Waals surface area contributed by atoms with Crippen LogP contribution in [-0.4, -0.2) is 17.6 Å². The predicted molar refractivity (Wildman–Crippen MR) is 76.4 cm³/mol. The van der Waals surface area contributed by atoms with E-state index in [1.165, 1.54) is 25.7 Å². The van der Waals surface area contributed by atoms with Gasteiger partial charge in [0.05, 0.1) is 0 Å². The summed E-state index contributed by atoms with van der Waals surface area (Å²) in [6.07, 6.45) is 6.08. The second-order valence-electron chi connectivity index (χ2n) is 5.69. The van der Waals surface area contributed by atoms with Gasteiger partial charge in [0.25, 0.3) is 5.91 Å². The standard InChI is InChI=1S/C16H23NO2/c1-3-16(9-4-5-10-16)11-17-15(19)13-7-6-8-14(18)12(13)2/h6-8,18H,3-5,9-11H2,1-2H3,(H,17,19). The maximum absolute atomic E-state index is 12.2. The smallest absolute Gasteiger partial charge is 0.251 e. The summed E-state index contributed by atoms with van der Waals surface area (Å²) in [5.41, 5.74) is 1.52. The molecule has 104 valence electrons. The predicted octanol–water partition coefficient (Wildman–Crippen LogP) is 3.40. The molecule has 2 rings (SSSR count). The lowest BCUT2D eigenvalue weighted by molar-refractivity contribution is 0.0927. The minimum absolute atomic E-state index is 0.0758. The third-order valence-corrected chi connectivity index (χ3v) is 4.59. The van der Waals surface area contributed by atoms with Crippen LogP contribution in [0.25, 0.3) is 0 Å². The van der Waals surface area contributed by atoms with Crippen LogP contribution in [0.2, 0.25) is 0 Å². The van der Waals surface area contributed by atoms with Crippen molar-refractivity contribution >= 4 is 5.91 Å². The highest BCUT2D eigenvalue weighted by Crippen LogP contribution is 2.40. The van der Waals surface area contributed by atoms with Crippen molar-refractivity contribution in [3.8, 4) is 5.75 Å². The molecule has 0 aliphatic heterocycles. The molecule has 3 heteroatoms. The van der Waals surface area contributed by atoms with Crippen LogP contribution >= 0.6 is 0 Å². The fourth-order valence-corrected chi connectivity index (χ4v) is 3.01. The fraction of sp³-hybridized carbons (Fsp3) is 0.562. The van der Waals surface area contributed by atoms with E-state index in [9.17, 15) is 9.90 Å². The van der Waals surface area contributed by atoms with Crippen LogP contribution in [0.5, 0.6) is 5.75 Å². The first-order valence-electron chi connectivity index (χ1n) is 7.15. The van der Waals surface area contributed by atoms with Crippen LogP contribution in [-0.2, 0) is 0 Å². The molecule has 0 bridgehead atoms. The van der Waals surface area contributed by atoms with Crippen molar-refractivity contribution in [2.24, 2.45) is 5.41 Å². The van der Waals surface area contributed by atoms with Crippen LogP contribution in [0.15, 0.2) is 18.2 Å². The van der Waals surface area contributed by atoms with E-state index in [0.29, 0.717) is 16.5 Å². The van der Waals surface area contributed by atoms with Crippen LogP contribution in [0.3, 0.4) is 0 Å². The highest BCUT2D eigenvalue weighted by atomic mass is 16.3. The average Bonchev–Trinajstić information content (AvgIpc) is 2.89. The Morgan fingerprint density at radius 1 is 1.37 bits per heavy atom. The van der Waals surface area contributed by atoms with Crippen molar-refractivity contribution < 1.29 is 9.90 Å². The van der Waals surface area contributed by atoms with Gasteiger partial charge in [-0.25, -0.2) is 0 Å². The van der Waals surface area contributed by atoms with Crippen LogP contribution in [0.1, 0.15) is 54.9 Å². The zero-order valence-electron chi connectivity index (χ0n) is 11.8. The Labute approximate surface area is 115 Å². The van der Waals surface area contributed by atoms with Gasteiger partial charge in [-0.15, -0.1) is 0 Å². The van der Waals surface area contributed by atoms with E-state index in [4.69, 9.17) is 0 Å². The topological polar surface area (TPSA) is 49.3 Å². The molecular weight excluding hydrogens is 238 g/mol. The van der Waals surface area contributed by atoms with Gasteiger partial charge in [0.1, 0.15) is 5.75 Å². The first kappa shape index (κ1) is 13.9. The van der Waals surface area contributed by atoms with Gasteiger partial charge in [-0.05, 0) is 43.7 Å². The van der Waals surface area contributed by atoms with E-state index in [1.54, 1.807) is 25.1 Å². The van der Waals surface area contributed by atoms with Crippen LogP contribution < -0.4 is 5.32 Å². The van der Waals surface area contributed by atoms with Crippen molar-refractivity contribution in [1.82, 2.24) is 5.32 Å². The maximum atomic E-state index is 12.2. The van der Waals surface area contributed by atoms with Gasteiger partial charge in [0.15, 0.2) is 0 Å². The molecule has 1 aromatic carbocycles. The molecule has 0 saturated heterocycles. The molecule has 2 N–H and O–H groups in total. The summed E-state index contributed by atoms with van der Waals surface area (Å²) in [7, 11) is 0. The minimum Gasteiger partial charge on any atom is -0.508 e. The lowest BCUT2D eigenvalue weighted by atomic mass is 9.83. The van der Waals surface area contributed by atoms with E-state index in [1.807, 2.05) is 0 Å². The largest absolute Gasteiger partial charge is 0.508 e. The zero-order chi connectivity index (χ0) is 13.9. The molecule has 1 aliphatic rings. The Balaban J connectivity index is 2.03. The molecule has 1 saturated carbocycles. The summed E-state index contributed by atoms with van der Waals surface area (Å²) in [4.78, 5) is 12.2. The van der Waals surface area contributed by atoms with Crippen LogP contribution in [0, 0.1) is 12.3 Å². The molecule has 0 unspecified atom stereocenters. The Morgan fingerprint density at radius 2 is 2.05 bits per heavy atom. The Kier molecular flexibility index (Phi) is 4.13. The van der Waals surface area contributed by atoms with Gasteiger partial charge in [0, 0.05) is 17.7 Å². The third-order valence-electron chi connectivity index (χ3n) is 4.59. The number of phenolic OH excluding ortho intramolecular Hbond substituents is 1. The molecule has 19 heavy (non-hydrogen) atoms. The quantitative estimate of drug-likeness (QED) is 0.872. The van der Waals surface area contributed by atoms with Gasteiger partial charge in [-0.3, -0.25) is 4.79 Å². The summed E-state index contributed by atoms with van der Waals surface area (Å²) in [5.74, 6) is 0.104. The van der Waals surface area contributed by atoms with E-state index >= 15 is 0 Å². The van der Waals surface area contributed by atoms with Gasteiger partial charge >= 0.3 is 0 Å². The van der Waals surface area contributed by atoms with Gasteiger partial charge in [-0.2, -0.15) is 0 Å². The number of carbonyl (C=O) groups excluding carboxylic acids is 1. The normalized spacial score (nSPS) is 17.4. The molecule has 0 aromatic heterocycles. The Morgan fingerprint density at radius 3 is 2.68 bits per heavy atom. The second-order valence-corrected chi connectivity index (χ2v) is 5.69. The summed E-state index contributed by atoms with van der Waals surface area (Å²) in [5, 5.41) is 12.7. The summed E-state index contributed by atoms with van der Waals surface area (Å²) < 4.78 is 0. The van der Waals surface area contributed by atoms with Crippen molar-refractivity contribution in [1.29, 1.82) is 0 Å². The lowest BCUT2D eigenvalue weighted by Gasteiger charge is -2.27. The van der Waals surface area contributed by atoms with E-state index in [0.717, 1.165) is 13.0 Å². The number of rotatable bonds is 4. The van der Waals surface area contributed by atoms with Gasteiger partial charge in [-0.1, -0.05) is 25.8 Å². The second kappa shape index (κ2) is 5.64. The van der Waals surface area contributed by atoms with Crippen LogP contribution in [0.4, 0.5) is 0 Å². The molecule has 1 fully saturated rings. The fourth-order valence-electron chi connectivity index (χ4n) is 3.01. The number of amides is 1. The number of hydrogen-bond donors (Lipinski definition) is 2. The van der Waals surface area contributed by atoms with Crippen molar-refractivity contribution in [2.75, 3.05) is 6.54 Å². The number of carbonyl (C=O) groups is 1. The molecule has 0 spiro atoms. The van der Waals surface area contributed by atoms with Gasteiger partial charge in [0.2, 0.25) is 0 Å². The molecular formula is C16H23NO2. The first-order chi connectivity index (χ1) is 9.08. The Hall–Kier alpha value is -1.51. The lowest BCUT2D eigenvalue weighted by Crippen LogP contribution is -2.35. The number of benzene rings is 1. The molecule has 0 radical (unpaired) electrons. The summed E-state index contributed by atoms with van der Waals surface area (Å²) in [6, 6.07) is 5.08. The van der Waals surface area contributed by atoms with Gasteiger partial charge < -0.3 is 10.4 Å². The molecule has 0 heterocycles. The SMILES string of the molecule is CCC1(CNC(=O)c2cccc(O)c2C)CCCC1. The van der Waals surface area contributed by atoms with E-state index in [-0.39, 0.29) is 11.7 Å². The van der Waals surface area contributed by atoms with Crippen molar-refractivity contribution in [2.45, 2.75) is 46.0 Å². The number of phenols is 1. The summed E-state index contributed by atoms with van der Waals surface area (Å²) in [6.45, 7) is 4.73. The summed E-state index contributed by atoms with van der Waals surface area (Å²) >= 11 is 0. The number of aromatic hydroxyl groups is 1. The number of nitrogens with one attached hydrogen (secondary N) is 1. The number of hydrogen-bond acceptors (Lipinski definition) is 2. The Bertz CT molecular complexity index is 462. The van der Waals surface area contributed by atoms with Crippen molar-refractivity contribution in [3.63, 3.8) is 0 Å². The van der Waals surface area contributed by atoms with Crippen molar-refractivity contribution in [3.05, 3.63) is 29.3 Å². The average molecular weight is 261 g/mol. The maximum Gasteiger partial charge on any atom is 0.251 e. The highest BCUT2D eigenvalue weighted by Gasteiger charge is 2.32. The molecule has 1 aliphatic carbocycles. The first-order valence-corrected chi connectivity index (χ1v) is 7.15. The third kappa shape index (κ3) is 2.91. The molecule has 3 nitrogen and oxygen atoms in total. The zero-order valence-corrected chi connectivity index (χ0v) is 11.8. The molecule has 1 amide bonds. The monoisotopic (exact) mass is 261 g/mol. The van der Waals surface area contributed by atoms with E-state index < -0.39 is 0 Å². The van der Waals surface area contributed by atoms with E-state index in [2.05, 4.69) is 12.2 Å². The highest BCUT2D eigenvalue weighted by molar-refractivity contribution is 5.96.